The summed E-state index contributed by atoms with van der Waals surface area (Å²) >= 11 is 0. The summed E-state index contributed by atoms with van der Waals surface area (Å²) in [5.41, 5.74) is 5.83. The first-order valence-electron chi connectivity index (χ1n) is 4.20. The molecule has 0 radical (unpaired) electrons. The van der Waals surface area contributed by atoms with E-state index in [1.54, 1.807) is 0 Å². The minimum Gasteiger partial charge on any atom is -0.391 e. The van der Waals surface area contributed by atoms with Crippen LogP contribution in [0.15, 0.2) is 0 Å². The second-order valence-corrected chi connectivity index (χ2v) is 4.63. The zero-order valence-electron chi connectivity index (χ0n) is 8.26. The van der Waals surface area contributed by atoms with Gasteiger partial charge in [0.2, 0.25) is 0 Å². The maximum absolute atomic E-state index is 9.61. The van der Waals surface area contributed by atoms with Crippen LogP contribution in [-0.4, -0.2) is 17.3 Å². The molecular formula is C9H21NO. The molecule has 0 saturated heterocycles. The predicted octanol–water partition coefficient (Wildman–Crippen LogP) is 1.38. The van der Waals surface area contributed by atoms with Gasteiger partial charge in [0.25, 0.3) is 0 Å². The lowest BCUT2D eigenvalue weighted by molar-refractivity contribution is 0.0554. The summed E-state index contributed by atoms with van der Waals surface area (Å²) in [6.45, 7) is 10.1. The Morgan fingerprint density at radius 1 is 1.18 bits per heavy atom. The predicted molar refractivity (Wildman–Crippen MR) is 48.3 cm³/mol. The molecule has 0 aliphatic heterocycles. The van der Waals surface area contributed by atoms with Crippen molar-refractivity contribution in [1.29, 1.82) is 0 Å². The first kappa shape index (κ1) is 10.9. The fourth-order valence-electron chi connectivity index (χ4n) is 0.927. The van der Waals surface area contributed by atoms with E-state index in [0.29, 0.717) is 0 Å². The third-order valence-corrected chi connectivity index (χ3v) is 2.05. The molecule has 2 nitrogen and oxygen atoms in total. The van der Waals surface area contributed by atoms with Gasteiger partial charge in [0.15, 0.2) is 0 Å². The van der Waals surface area contributed by atoms with Crippen LogP contribution in [0.4, 0.5) is 0 Å². The molecule has 0 aromatic heterocycles. The topological polar surface area (TPSA) is 46.2 Å². The Kier molecular flexibility index (Phi) is 3.52. The lowest BCUT2D eigenvalue weighted by Gasteiger charge is -2.33. The van der Waals surface area contributed by atoms with E-state index in [4.69, 9.17) is 5.73 Å². The normalized spacial score (nSPS) is 18.5. The summed E-state index contributed by atoms with van der Waals surface area (Å²) in [6, 6.07) is -0.137. The zero-order valence-corrected chi connectivity index (χ0v) is 8.26. The molecular weight excluding hydrogens is 138 g/mol. The largest absolute Gasteiger partial charge is 0.391 e. The molecule has 0 saturated carbocycles. The number of nitrogens with two attached hydrogens (primary N) is 1. The molecule has 0 spiro atoms. The summed E-state index contributed by atoms with van der Waals surface area (Å²) in [6.07, 6.45) is -0.394. The fraction of sp³-hybridized carbons (Fsp3) is 1.00. The number of aliphatic hydroxyl groups is 1. The standard InChI is InChI=1S/C9H21NO/c1-6(2)7(11)8(10)9(3,4)5/h6-8,11H,10H2,1-5H3. The van der Waals surface area contributed by atoms with E-state index < -0.39 is 6.10 Å². The van der Waals surface area contributed by atoms with E-state index >= 15 is 0 Å². The summed E-state index contributed by atoms with van der Waals surface area (Å²) in [4.78, 5) is 0. The molecule has 68 valence electrons. The minimum atomic E-state index is -0.394. The SMILES string of the molecule is CC(C)C(O)C(N)C(C)(C)C. The van der Waals surface area contributed by atoms with Gasteiger partial charge in [0.1, 0.15) is 0 Å². The summed E-state index contributed by atoms with van der Waals surface area (Å²) in [7, 11) is 0. The zero-order chi connectivity index (χ0) is 9.23. The van der Waals surface area contributed by atoms with Crippen molar-refractivity contribution in [3.8, 4) is 0 Å². The van der Waals surface area contributed by atoms with Crippen molar-refractivity contribution in [2.24, 2.45) is 17.1 Å². The van der Waals surface area contributed by atoms with Crippen LogP contribution in [0.25, 0.3) is 0 Å². The Morgan fingerprint density at radius 3 is 1.64 bits per heavy atom. The molecule has 0 amide bonds. The van der Waals surface area contributed by atoms with Gasteiger partial charge in [-0.05, 0) is 11.3 Å². The molecule has 2 atom stereocenters. The average Bonchev–Trinajstić information content (AvgIpc) is 1.82. The number of hydrogen-bond acceptors (Lipinski definition) is 2. The highest BCUT2D eigenvalue weighted by Gasteiger charge is 2.28. The molecule has 0 bridgehead atoms. The van der Waals surface area contributed by atoms with Gasteiger partial charge in [-0.3, -0.25) is 0 Å². The number of aliphatic hydroxyl groups excluding tert-OH is 1. The highest BCUT2D eigenvalue weighted by Crippen LogP contribution is 2.22. The van der Waals surface area contributed by atoms with Gasteiger partial charge in [0.05, 0.1) is 6.10 Å². The smallest absolute Gasteiger partial charge is 0.0719 e. The highest BCUT2D eigenvalue weighted by atomic mass is 16.3. The van der Waals surface area contributed by atoms with Gasteiger partial charge >= 0.3 is 0 Å². The van der Waals surface area contributed by atoms with Crippen LogP contribution < -0.4 is 5.73 Å². The monoisotopic (exact) mass is 159 g/mol. The van der Waals surface area contributed by atoms with E-state index in [-0.39, 0.29) is 17.4 Å². The van der Waals surface area contributed by atoms with Crippen molar-refractivity contribution in [1.82, 2.24) is 0 Å². The Morgan fingerprint density at radius 2 is 1.55 bits per heavy atom. The Bertz CT molecular complexity index is 115. The quantitative estimate of drug-likeness (QED) is 0.639. The van der Waals surface area contributed by atoms with Crippen molar-refractivity contribution >= 4 is 0 Å². The Balaban J connectivity index is 4.13. The molecule has 0 aliphatic rings. The van der Waals surface area contributed by atoms with Crippen molar-refractivity contribution in [3.05, 3.63) is 0 Å². The van der Waals surface area contributed by atoms with Crippen LogP contribution in [0.2, 0.25) is 0 Å². The lowest BCUT2D eigenvalue weighted by atomic mass is 9.81. The maximum atomic E-state index is 9.61. The van der Waals surface area contributed by atoms with Gasteiger partial charge in [-0.15, -0.1) is 0 Å². The average molecular weight is 159 g/mol. The van der Waals surface area contributed by atoms with Crippen molar-refractivity contribution < 1.29 is 5.11 Å². The molecule has 0 fully saturated rings. The van der Waals surface area contributed by atoms with Crippen LogP contribution in [0.3, 0.4) is 0 Å². The van der Waals surface area contributed by atoms with Crippen LogP contribution in [0.1, 0.15) is 34.6 Å². The molecule has 0 heterocycles. The van der Waals surface area contributed by atoms with E-state index in [1.165, 1.54) is 0 Å². The molecule has 2 unspecified atom stereocenters. The van der Waals surface area contributed by atoms with Crippen molar-refractivity contribution in [3.63, 3.8) is 0 Å². The molecule has 2 heteroatoms. The second kappa shape index (κ2) is 3.55. The number of hydrogen-bond donors (Lipinski definition) is 2. The second-order valence-electron chi connectivity index (χ2n) is 4.63. The van der Waals surface area contributed by atoms with E-state index in [2.05, 4.69) is 0 Å². The lowest BCUT2D eigenvalue weighted by Crippen LogP contribution is -2.47. The van der Waals surface area contributed by atoms with Gasteiger partial charge in [-0.1, -0.05) is 34.6 Å². The van der Waals surface area contributed by atoms with Crippen LogP contribution in [-0.2, 0) is 0 Å². The van der Waals surface area contributed by atoms with Crippen LogP contribution in [0, 0.1) is 11.3 Å². The van der Waals surface area contributed by atoms with Crippen molar-refractivity contribution in [2.45, 2.75) is 46.8 Å². The highest BCUT2D eigenvalue weighted by molar-refractivity contribution is 4.84. The third-order valence-electron chi connectivity index (χ3n) is 2.05. The van der Waals surface area contributed by atoms with Crippen LogP contribution in [0.5, 0.6) is 0 Å². The summed E-state index contributed by atoms with van der Waals surface area (Å²) in [5.74, 6) is 0.240. The Labute approximate surface area is 69.8 Å². The van der Waals surface area contributed by atoms with Crippen LogP contribution >= 0.6 is 0 Å². The Hall–Kier alpha value is -0.0800. The first-order chi connectivity index (χ1) is 4.76. The van der Waals surface area contributed by atoms with Gasteiger partial charge in [-0.25, -0.2) is 0 Å². The molecule has 0 aromatic rings. The molecule has 0 aliphatic carbocycles. The van der Waals surface area contributed by atoms with Gasteiger partial charge in [0, 0.05) is 6.04 Å². The molecule has 0 aromatic carbocycles. The fourth-order valence-corrected chi connectivity index (χ4v) is 0.927. The maximum Gasteiger partial charge on any atom is 0.0719 e. The third kappa shape index (κ3) is 3.21. The molecule has 11 heavy (non-hydrogen) atoms. The van der Waals surface area contributed by atoms with Gasteiger partial charge < -0.3 is 10.8 Å². The van der Waals surface area contributed by atoms with E-state index in [1.807, 2.05) is 34.6 Å². The first-order valence-corrected chi connectivity index (χ1v) is 4.20. The van der Waals surface area contributed by atoms with Gasteiger partial charge in [-0.2, -0.15) is 0 Å². The summed E-state index contributed by atoms with van der Waals surface area (Å²) < 4.78 is 0. The minimum absolute atomic E-state index is 0.0102. The van der Waals surface area contributed by atoms with E-state index in [9.17, 15) is 5.11 Å². The molecule has 3 N–H and O–H groups in total. The van der Waals surface area contributed by atoms with E-state index in [0.717, 1.165) is 0 Å². The number of rotatable bonds is 2. The van der Waals surface area contributed by atoms with Crippen molar-refractivity contribution in [2.75, 3.05) is 0 Å². The summed E-state index contributed by atoms with van der Waals surface area (Å²) in [5, 5.41) is 9.61. The molecule has 0 rings (SSSR count).